The molecule has 1 saturated heterocycles. The van der Waals surface area contributed by atoms with Crippen LogP contribution in [0.4, 0.5) is 10.1 Å². The molecule has 0 bridgehead atoms. The van der Waals surface area contributed by atoms with E-state index in [0.29, 0.717) is 19.7 Å². The molecule has 98 valence electrons. The van der Waals surface area contributed by atoms with E-state index < -0.39 is 11.9 Å². The van der Waals surface area contributed by atoms with Gasteiger partial charge in [0.15, 0.2) is 0 Å². The Morgan fingerprint density at radius 2 is 2.11 bits per heavy atom. The normalized spacial score (nSPS) is 19.6. The van der Waals surface area contributed by atoms with Gasteiger partial charge in [-0.1, -0.05) is 23.2 Å². The zero-order valence-electron chi connectivity index (χ0n) is 9.30. The molecule has 4 nitrogen and oxygen atoms in total. The zero-order chi connectivity index (χ0) is 13.1. The smallest absolute Gasteiger partial charge is 0.254 e. The fourth-order valence-corrected chi connectivity index (χ4v) is 2.15. The molecule has 1 aliphatic rings. The monoisotopic (exact) mass is 292 g/mol. The van der Waals surface area contributed by atoms with Gasteiger partial charge in [0.1, 0.15) is 11.9 Å². The van der Waals surface area contributed by atoms with E-state index in [1.165, 1.54) is 0 Å². The summed E-state index contributed by atoms with van der Waals surface area (Å²) in [6.07, 6.45) is -0.601. The molecule has 1 aliphatic heterocycles. The highest BCUT2D eigenvalue weighted by molar-refractivity contribution is 6.39. The Morgan fingerprint density at radius 1 is 1.44 bits per heavy atom. The Hall–Kier alpha value is -0.880. The fourth-order valence-electron chi connectivity index (χ4n) is 1.60. The van der Waals surface area contributed by atoms with Crippen LogP contribution >= 0.6 is 23.2 Å². The number of hydrogen-bond acceptors (Lipinski definition) is 3. The lowest BCUT2D eigenvalue weighted by atomic mass is 10.2. The molecule has 0 radical (unpaired) electrons. The molecule has 1 fully saturated rings. The van der Waals surface area contributed by atoms with Crippen molar-refractivity contribution in [1.29, 1.82) is 0 Å². The molecule has 1 heterocycles. The molecule has 1 amide bonds. The summed E-state index contributed by atoms with van der Waals surface area (Å²) in [6.45, 7) is 1.59. The van der Waals surface area contributed by atoms with Crippen molar-refractivity contribution < 1.29 is 13.9 Å². The molecule has 1 atom stereocenters. The minimum Gasteiger partial charge on any atom is -0.366 e. The van der Waals surface area contributed by atoms with Gasteiger partial charge < -0.3 is 15.4 Å². The van der Waals surface area contributed by atoms with Crippen molar-refractivity contribution in [3.05, 3.63) is 28.0 Å². The molecule has 1 unspecified atom stereocenters. The van der Waals surface area contributed by atoms with Crippen LogP contribution in [0.2, 0.25) is 10.0 Å². The van der Waals surface area contributed by atoms with Gasteiger partial charge in [-0.15, -0.1) is 0 Å². The highest BCUT2D eigenvalue weighted by Gasteiger charge is 2.23. The number of morpholine rings is 1. The Bertz CT molecular complexity index is 441. The number of benzene rings is 1. The number of carbonyl (C=O) groups is 1. The molecule has 0 spiro atoms. The molecule has 18 heavy (non-hydrogen) atoms. The van der Waals surface area contributed by atoms with E-state index >= 15 is 0 Å². The largest absolute Gasteiger partial charge is 0.366 e. The summed E-state index contributed by atoms with van der Waals surface area (Å²) in [7, 11) is 0. The first kappa shape index (κ1) is 13.5. The van der Waals surface area contributed by atoms with Crippen LogP contribution in [0.1, 0.15) is 0 Å². The van der Waals surface area contributed by atoms with E-state index in [-0.39, 0.29) is 21.6 Å². The maximum Gasteiger partial charge on any atom is 0.254 e. The molecular formula is C11H11Cl2FN2O2. The van der Waals surface area contributed by atoms with Crippen molar-refractivity contribution in [3.8, 4) is 0 Å². The SMILES string of the molecule is O=C(Nc1c(Cl)cc(F)cc1Cl)C1CNCCO1. The van der Waals surface area contributed by atoms with E-state index in [9.17, 15) is 9.18 Å². The second kappa shape index (κ2) is 5.84. The first-order valence-electron chi connectivity index (χ1n) is 5.35. The number of carbonyl (C=O) groups excluding carboxylic acids is 1. The van der Waals surface area contributed by atoms with Gasteiger partial charge >= 0.3 is 0 Å². The zero-order valence-corrected chi connectivity index (χ0v) is 10.8. The van der Waals surface area contributed by atoms with Gasteiger partial charge in [0.2, 0.25) is 0 Å². The van der Waals surface area contributed by atoms with Crippen LogP contribution in [0.25, 0.3) is 0 Å². The van der Waals surface area contributed by atoms with E-state index in [4.69, 9.17) is 27.9 Å². The average molecular weight is 293 g/mol. The first-order valence-corrected chi connectivity index (χ1v) is 6.11. The number of rotatable bonds is 2. The van der Waals surface area contributed by atoms with Gasteiger partial charge in [0.05, 0.1) is 22.3 Å². The van der Waals surface area contributed by atoms with Gasteiger partial charge in [-0.2, -0.15) is 0 Å². The number of nitrogens with one attached hydrogen (secondary N) is 2. The number of ether oxygens (including phenoxy) is 1. The molecule has 7 heteroatoms. The third-order valence-electron chi connectivity index (χ3n) is 2.48. The summed E-state index contributed by atoms with van der Waals surface area (Å²) in [4.78, 5) is 11.9. The Kier molecular flexibility index (Phi) is 4.40. The van der Waals surface area contributed by atoms with Crippen LogP contribution in [-0.2, 0) is 9.53 Å². The predicted octanol–water partition coefficient (Wildman–Crippen LogP) is 2.06. The van der Waals surface area contributed by atoms with Crippen LogP contribution in [-0.4, -0.2) is 31.7 Å². The fraction of sp³-hybridized carbons (Fsp3) is 0.364. The summed E-state index contributed by atoms with van der Waals surface area (Å²) in [5, 5.41) is 5.67. The van der Waals surface area contributed by atoms with Crippen LogP contribution < -0.4 is 10.6 Å². The standard InChI is InChI=1S/C11H11Cl2FN2O2/c12-7-3-6(14)4-8(13)10(7)16-11(17)9-5-15-1-2-18-9/h3-4,9,15H,1-2,5H2,(H,16,17). The topological polar surface area (TPSA) is 50.4 Å². The first-order chi connectivity index (χ1) is 8.58. The molecule has 1 aromatic rings. The molecule has 0 saturated carbocycles. The van der Waals surface area contributed by atoms with Crippen molar-refractivity contribution in [3.63, 3.8) is 0 Å². The third kappa shape index (κ3) is 3.11. The van der Waals surface area contributed by atoms with Crippen molar-refractivity contribution in [1.82, 2.24) is 5.32 Å². The van der Waals surface area contributed by atoms with E-state index in [1.807, 2.05) is 0 Å². The van der Waals surface area contributed by atoms with Crippen molar-refractivity contribution in [2.75, 3.05) is 25.0 Å². The summed E-state index contributed by atoms with van der Waals surface area (Å²) < 4.78 is 18.3. The summed E-state index contributed by atoms with van der Waals surface area (Å²) in [5.41, 5.74) is 0.193. The van der Waals surface area contributed by atoms with E-state index in [1.54, 1.807) is 0 Å². The minimum absolute atomic E-state index is 0.0529. The molecule has 1 aromatic carbocycles. The van der Waals surface area contributed by atoms with Crippen LogP contribution in [0.15, 0.2) is 12.1 Å². The summed E-state index contributed by atoms with van der Waals surface area (Å²) in [6, 6.07) is 2.17. The van der Waals surface area contributed by atoms with Crippen molar-refractivity contribution in [2.24, 2.45) is 0 Å². The summed E-state index contributed by atoms with van der Waals surface area (Å²) >= 11 is 11.6. The average Bonchev–Trinajstić information content (AvgIpc) is 2.34. The number of anilines is 1. The number of hydrogen-bond donors (Lipinski definition) is 2. The lowest BCUT2D eigenvalue weighted by Gasteiger charge is -2.23. The van der Waals surface area contributed by atoms with Gasteiger partial charge in [-0.3, -0.25) is 4.79 Å². The molecule has 2 rings (SSSR count). The van der Waals surface area contributed by atoms with E-state index in [0.717, 1.165) is 12.1 Å². The maximum absolute atomic E-state index is 13.0. The second-order valence-electron chi connectivity index (χ2n) is 3.80. The number of amides is 1. The highest BCUT2D eigenvalue weighted by Crippen LogP contribution is 2.31. The second-order valence-corrected chi connectivity index (χ2v) is 4.61. The third-order valence-corrected chi connectivity index (χ3v) is 3.07. The quantitative estimate of drug-likeness (QED) is 0.877. The van der Waals surface area contributed by atoms with Crippen LogP contribution in [0, 0.1) is 5.82 Å². The Morgan fingerprint density at radius 3 is 2.67 bits per heavy atom. The molecule has 0 aromatic heterocycles. The van der Waals surface area contributed by atoms with Crippen LogP contribution in [0.5, 0.6) is 0 Å². The van der Waals surface area contributed by atoms with Gasteiger partial charge in [0.25, 0.3) is 5.91 Å². The minimum atomic E-state index is -0.601. The Labute approximate surface area is 113 Å². The summed E-state index contributed by atoms with van der Waals surface area (Å²) in [5.74, 6) is -0.920. The molecule has 0 aliphatic carbocycles. The van der Waals surface area contributed by atoms with Crippen molar-refractivity contribution in [2.45, 2.75) is 6.10 Å². The Balaban J connectivity index is 2.11. The highest BCUT2D eigenvalue weighted by atomic mass is 35.5. The van der Waals surface area contributed by atoms with E-state index in [2.05, 4.69) is 10.6 Å². The van der Waals surface area contributed by atoms with Crippen molar-refractivity contribution >= 4 is 34.8 Å². The van der Waals surface area contributed by atoms with Gasteiger partial charge in [-0.25, -0.2) is 4.39 Å². The lowest BCUT2D eigenvalue weighted by molar-refractivity contribution is -0.128. The van der Waals surface area contributed by atoms with Gasteiger partial charge in [0, 0.05) is 13.1 Å². The number of halogens is 3. The van der Waals surface area contributed by atoms with Gasteiger partial charge in [-0.05, 0) is 12.1 Å². The lowest BCUT2D eigenvalue weighted by Crippen LogP contribution is -2.45. The molecule has 2 N–H and O–H groups in total. The molecular weight excluding hydrogens is 282 g/mol. The maximum atomic E-state index is 13.0. The predicted molar refractivity (Wildman–Crippen MR) is 67.7 cm³/mol. The van der Waals surface area contributed by atoms with Crippen LogP contribution in [0.3, 0.4) is 0 Å².